The molecule has 1 aliphatic heterocycles. The molecule has 2 heterocycles. The minimum absolute atomic E-state index is 0.0866. The molecule has 1 fully saturated rings. The van der Waals surface area contributed by atoms with Gasteiger partial charge < -0.3 is 4.90 Å². The Balaban J connectivity index is 1.64. The lowest BCUT2D eigenvalue weighted by atomic mass is 9.98. The van der Waals surface area contributed by atoms with Crippen LogP contribution in [0.25, 0.3) is 10.9 Å². The van der Waals surface area contributed by atoms with Gasteiger partial charge in [0, 0.05) is 18.0 Å². The van der Waals surface area contributed by atoms with Gasteiger partial charge in [0.15, 0.2) is 0 Å². The van der Waals surface area contributed by atoms with Crippen LogP contribution in [0.3, 0.4) is 0 Å². The van der Waals surface area contributed by atoms with Crippen LogP contribution in [0.15, 0.2) is 77.6 Å². The van der Waals surface area contributed by atoms with Crippen molar-refractivity contribution in [1.29, 1.82) is 0 Å². The molecule has 6 heteroatoms. The van der Waals surface area contributed by atoms with Crippen molar-refractivity contribution in [2.24, 2.45) is 0 Å². The van der Waals surface area contributed by atoms with Crippen molar-refractivity contribution >= 4 is 28.4 Å². The molecule has 1 aliphatic rings. The van der Waals surface area contributed by atoms with Crippen LogP contribution in [0.4, 0.5) is 0 Å². The molecule has 5 rings (SSSR count). The van der Waals surface area contributed by atoms with E-state index in [0.717, 1.165) is 24.0 Å². The number of fused-ring (bicyclic) bond motifs is 1. The highest BCUT2D eigenvalue weighted by molar-refractivity contribution is 6.31. The van der Waals surface area contributed by atoms with Gasteiger partial charge >= 0.3 is 0 Å². The topological polar surface area (TPSA) is 55.2 Å². The predicted octanol–water partition coefficient (Wildman–Crippen LogP) is 5.66. The van der Waals surface area contributed by atoms with Gasteiger partial charge in [0.05, 0.1) is 23.5 Å². The van der Waals surface area contributed by atoms with Gasteiger partial charge in [-0.1, -0.05) is 71.8 Å². The van der Waals surface area contributed by atoms with Gasteiger partial charge in [0.2, 0.25) is 5.91 Å². The maximum atomic E-state index is 13.7. The number of nitrogens with zero attached hydrogens (tertiary/aromatic N) is 3. The number of benzene rings is 3. The third-order valence-electron chi connectivity index (χ3n) is 6.47. The molecule has 0 bridgehead atoms. The largest absolute Gasteiger partial charge is 0.328 e. The Bertz CT molecular complexity index is 1400. The standard InChI is InChI=1S/C28H26ClN3O2/c1-19-10-12-21(13-11-19)17-31-25(8-5-9-26(31)33)27-30-24-16-22(29)14-15-23(24)28(34)32(27)18-20-6-3-2-4-7-20/h2-4,6-7,10-16,25H,5,8-9,17-18H2,1H3. The lowest BCUT2D eigenvalue weighted by molar-refractivity contribution is -0.137. The fourth-order valence-corrected chi connectivity index (χ4v) is 4.83. The number of aryl methyl sites for hydroxylation is 1. The molecule has 0 spiro atoms. The van der Waals surface area contributed by atoms with E-state index in [1.165, 1.54) is 5.56 Å². The summed E-state index contributed by atoms with van der Waals surface area (Å²) in [6, 6.07) is 23.0. The second kappa shape index (κ2) is 9.43. The third kappa shape index (κ3) is 4.48. The van der Waals surface area contributed by atoms with Crippen LogP contribution in [0.1, 0.15) is 47.8 Å². The van der Waals surface area contributed by atoms with Gasteiger partial charge in [-0.25, -0.2) is 4.98 Å². The average Bonchev–Trinajstić information content (AvgIpc) is 2.84. The quantitative estimate of drug-likeness (QED) is 0.377. The minimum atomic E-state index is -0.289. The summed E-state index contributed by atoms with van der Waals surface area (Å²) in [5, 5.41) is 1.05. The Morgan fingerprint density at radius 2 is 1.68 bits per heavy atom. The Morgan fingerprint density at radius 3 is 2.44 bits per heavy atom. The van der Waals surface area contributed by atoms with Crippen LogP contribution >= 0.6 is 11.6 Å². The number of likely N-dealkylation sites (tertiary alicyclic amines) is 1. The second-order valence-electron chi connectivity index (χ2n) is 8.92. The molecule has 0 N–H and O–H groups in total. The SMILES string of the molecule is Cc1ccc(CN2C(=O)CCCC2c2nc3cc(Cl)ccc3c(=O)n2Cc2ccccc2)cc1. The summed E-state index contributed by atoms with van der Waals surface area (Å²) in [5.74, 6) is 0.701. The van der Waals surface area contributed by atoms with E-state index in [9.17, 15) is 9.59 Å². The monoisotopic (exact) mass is 471 g/mol. The zero-order chi connectivity index (χ0) is 23.7. The van der Waals surface area contributed by atoms with Crippen molar-refractivity contribution in [2.75, 3.05) is 0 Å². The third-order valence-corrected chi connectivity index (χ3v) is 6.70. The highest BCUT2D eigenvalue weighted by Gasteiger charge is 2.33. The molecule has 5 nitrogen and oxygen atoms in total. The lowest BCUT2D eigenvalue weighted by Gasteiger charge is -2.36. The number of hydrogen-bond acceptors (Lipinski definition) is 3. The zero-order valence-corrected chi connectivity index (χ0v) is 19.8. The molecule has 1 atom stereocenters. The van der Waals surface area contributed by atoms with Gasteiger partial charge in [-0.15, -0.1) is 0 Å². The number of aromatic nitrogens is 2. The van der Waals surface area contributed by atoms with Crippen LogP contribution in [0.5, 0.6) is 0 Å². The van der Waals surface area contributed by atoms with E-state index in [1.54, 1.807) is 22.8 Å². The number of carbonyl (C=O) groups is 1. The van der Waals surface area contributed by atoms with Gasteiger partial charge in [0.1, 0.15) is 5.82 Å². The molecular formula is C28H26ClN3O2. The highest BCUT2D eigenvalue weighted by atomic mass is 35.5. The molecule has 0 aliphatic carbocycles. The second-order valence-corrected chi connectivity index (χ2v) is 9.36. The number of piperidine rings is 1. The van der Waals surface area contributed by atoms with Crippen molar-refractivity contribution in [3.8, 4) is 0 Å². The van der Waals surface area contributed by atoms with Crippen molar-refractivity contribution < 1.29 is 4.79 Å². The number of rotatable bonds is 5. The average molecular weight is 472 g/mol. The van der Waals surface area contributed by atoms with Crippen LogP contribution in [0, 0.1) is 6.92 Å². The van der Waals surface area contributed by atoms with E-state index >= 15 is 0 Å². The normalized spacial score (nSPS) is 16.2. The van der Waals surface area contributed by atoms with Crippen molar-refractivity contribution in [1.82, 2.24) is 14.5 Å². The van der Waals surface area contributed by atoms with Crippen molar-refractivity contribution in [2.45, 2.75) is 45.3 Å². The summed E-state index contributed by atoms with van der Waals surface area (Å²) in [4.78, 5) is 33.6. The first kappa shape index (κ1) is 22.4. The van der Waals surface area contributed by atoms with Crippen molar-refractivity contribution in [3.63, 3.8) is 0 Å². The molecule has 1 saturated heterocycles. The summed E-state index contributed by atoms with van der Waals surface area (Å²) in [5.41, 5.74) is 3.69. The Morgan fingerprint density at radius 1 is 0.941 bits per heavy atom. The van der Waals surface area contributed by atoms with E-state index in [2.05, 4.69) is 24.3 Å². The summed E-state index contributed by atoms with van der Waals surface area (Å²) in [7, 11) is 0. The Kier molecular flexibility index (Phi) is 6.20. The first-order valence-electron chi connectivity index (χ1n) is 11.6. The van der Waals surface area contributed by atoms with E-state index in [1.807, 2.05) is 42.2 Å². The Labute approximate surface area is 203 Å². The van der Waals surface area contributed by atoms with Gasteiger partial charge in [-0.2, -0.15) is 0 Å². The van der Waals surface area contributed by atoms with Gasteiger partial charge in [-0.05, 0) is 49.1 Å². The first-order valence-corrected chi connectivity index (χ1v) is 12.0. The summed E-state index contributed by atoms with van der Waals surface area (Å²) >= 11 is 6.24. The fourth-order valence-electron chi connectivity index (χ4n) is 4.66. The lowest BCUT2D eigenvalue weighted by Crippen LogP contribution is -2.41. The maximum absolute atomic E-state index is 13.7. The van der Waals surface area contributed by atoms with Crippen molar-refractivity contribution in [3.05, 3.63) is 111 Å². The molecule has 4 aromatic rings. The summed E-state index contributed by atoms with van der Waals surface area (Å²) in [6.07, 6.45) is 2.03. The van der Waals surface area contributed by atoms with E-state index in [4.69, 9.17) is 16.6 Å². The minimum Gasteiger partial charge on any atom is -0.328 e. The zero-order valence-electron chi connectivity index (χ0n) is 19.1. The van der Waals surface area contributed by atoms with E-state index < -0.39 is 0 Å². The summed E-state index contributed by atoms with van der Waals surface area (Å²) in [6.45, 7) is 2.92. The van der Waals surface area contributed by atoms with Crippen LogP contribution < -0.4 is 5.56 Å². The smallest absolute Gasteiger partial charge is 0.261 e. The van der Waals surface area contributed by atoms with E-state index in [-0.39, 0.29) is 17.5 Å². The molecule has 0 saturated carbocycles. The predicted molar refractivity (Wildman–Crippen MR) is 135 cm³/mol. The number of amides is 1. The van der Waals surface area contributed by atoms with E-state index in [0.29, 0.717) is 41.3 Å². The first-order chi connectivity index (χ1) is 16.5. The van der Waals surface area contributed by atoms with Crippen LogP contribution in [0.2, 0.25) is 5.02 Å². The molecule has 0 radical (unpaired) electrons. The molecule has 1 amide bonds. The molecule has 172 valence electrons. The molecule has 3 aromatic carbocycles. The highest BCUT2D eigenvalue weighted by Crippen LogP contribution is 2.33. The fraction of sp³-hybridized carbons (Fsp3) is 0.250. The van der Waals surface area contributed by atoms with Crippen LogP contribution in [-0.4, -0.2) is 20.4 Å². The van der Waals surface area contributed by atoms with Crippen LogP contribution in [-0.2, 0) is 17.9 Å². The number of carbonyl (C=O) groups excluding carboxylic acids is 1. The molecular weight excluding hydrogens is 446 g/mol. The summed E-state index contributed by atoms with van der Waals surface area (Å²) < 4.78 is 1.73. The molecule has 1 unspecified atom stereocenters. The molecule has 34 heavy (non-hydrogen) atoms. The number of hydrogen-bond donors (Lipinski definition) is 0. The number of halogens is 1. The Hall–Kier alpha value is -3.44. The van der Waals surface area contributed by atoms with Gasteiger partial charge in [-0.3, -0.25) is 14.2 Å². The maximum Gasteiger partial charge on any atom is 0.261 e. The molecule has 1 aromatic heterocycles. The van der Waals surface area contributed by atoms with Gasteiger partial charge in [0.25, 0.3) is 5.56 Å².